The first-order valence-electron chi connectivity index (χ1n) is 22.5. The van der Waals surface area contributed by atoms with Crippen LogP contribution in [0.2, 0.25) is 0 Å². The Kier molecular flexibility index (Phi) is 16.5. The predicted octanol–water partition coefficient (Wildman–Crippen LogP) is 9.35. The van der Waals surface area contributed by atoms with Crippen LogP contribution >= 0.6 is 0 Å². The lowest BCUT2D eigenvalue weighted by atomic mass is 9.81. The molecule has 60 heavy (non-hydrogen) atoms. The van der Waals surface area contributed by atoms with Gasteiger partial charge in [-0.15, -0.1) is 0 Å². The Morgan fingerprint density at radius 1 is 0.717 bits per heavy atom. The number of amides is 4. The second-order valence-corrected chi connectivity index (χ2v) is 18.1. The predicted molar refractivity (Wildman–Crippen MR) is 245 cm³/mol. The number of allylic oxidation sites excluding steroid dienone is 6. The fourth-order valence-corrected chi connectivity index (χ4v) is 9.01. The molecule has 3 aliphatic rings. The zero-order valence-corrected chi connectivity index (χ0v) is 37.4. The first-order valence-corrected chi connectivity index (χ1v) is 22.5. The standard InChI is InChI=1S/C51H69N5O4/c1-38(2)24-12-8-9-21-36-53-49(60)43(56-47(58)33-34-48(56)59)29-20-22-35-52-46(57)32-15-11-23-37-55-42-28-19-17-26-40(42)51(5,6)45(55)31-14-10-13-30-44-50(3,4)39-25-16-18-27-41(39)54(44)7/h10,13-14,16-19,25-28,30-31,33-34,38,43H,8-9,11-12,15,20-24,29,32,35-37H2,1-7H3,(H-,52,53,57,60)/p+1. The number of imide groups is 1. The average molecular weight is 817 g/mol. The number of carbonyl (C=O) groups excluding carboxylic acids is 4. The summed E-state index contributed by atoms with van der Waals surface area (Å²) < 4.78 is 2.29. The third-order valence-electron chi connectivity index (χ3n) is 12.4. The summed E-state index contributed by atoms with van der Waals surface area (Å²) in [6.07, 6.45) is 23.6. The molecule has 3 heterocycles. The molecule has 2 aromatic carbocycles. The molecule has 0 aliphatic carbocycles. The van der Waals surface area contributed by atoms with Crippen molar-refractivity contribution in [3.8, 4) is 0 Å². The molecule has 322 valence electrons. The Labute approximate surface area is 359 Å². The van der Waals surface area contributed by atoms with Gasteiger partial charge in [0.25, 0.3) is 11.8 Å². The van der Waals surface area contributed by atoms with Gasteiger partial charge in [0.1, 0.15) is 13.1 Å². The van der Waals surface area contributed by atoms with E-state index in [2.05, 4.69) is 148 Å². The molecule has 2 aromatic rings. The molecule has 1 atom stereocenters. The molecule has 9 nitrogen and oxygen atoms in total. The van der Waals surface area contributed by atoms with E-state index in [9.17, 15) is 19.2 Å². The third kappa shape index (κ3) is 11.4. The largest absolute Gasteiger partial charge is 0.356 e. The molecule has 0 spiro atoms. The minimum Gasteiger partial charge on any atom is -0.356 e. The second-order valence-electron chi connectivity index (χ2n) is 18.1. The molecular formula is C51H70N5O4+. The number of anilines is 1. The highest BCUT2D eigenvalue weighted by Crippen LogP contribution is 2.47. The molecule has 1 unspecified atom stereocenters. The number of para-hydroxylation sites is 2. The highest BCUT2D eigenvalue weighted by molar-refractivity contribution is 6.15. The summed E-state index contributed by atoms with van der Waals surface area (Å²) in [7, 11) is 2.14. The highest BCUT2D eigenvalue weighted by Gasteiger charge is 2.43. The Bertz CT molecular complexity index is 1980. The van der Waals surface area contributed by atoms with Crippen molar-refractivity contribution in [1.82, 2.24) is 15.5 Å². The van der Waals surface area contributed by atoms with Crippen molar-refractivity contribution in [1.29, 1.82) is 0 Å². The molecule has 2 N–H and O–H groups in total. The van der Waals surface area contributed by atoms with Gasteiger partial charge in [0.2, 0.25) is 17.5 Å². The molecule has 0 fully saturated rings. The van der Waals surface area contributed by atoms with Crippen molar-refractivity contribution in [3.05, 3.63) is 108 Å². The number of hydrogen-bond donors (Lipinski definition) is 2. The molecule has 0 bridgehead atoms. The van der Waals surface area contributed by atoms with Crippen molar-refractivity contribution >= 4 is 40.7 Å². The summed E-state index contributed by atoms with van der Waals surface area (Å²) in [6.45, 7) is 15.5. The van der Waals surface area contributed by atoms with Crippen LogP contribution in [-0.4, -0.2) is 71.5 Å². The first-order chi connectivity index (χ1) is 28.7. The average Bonchev–Trinajstić information content (AvgIpc) is 3.73. The molecule has 0 radical (unpaired) electrons. The van der Waals surface area contributed by atoms with Gasteiger partial charge in [0.05, 0.1) is 5.41 Å². The van der Waals surface area contributed by atoms with Gasteiger partial charge in [0, 0.05) is 72.7 Å². The van der Waals surface area contributed by atoms with E-state index >= 15 is 0 Å². The summed E-state index contributed by atoms with van der Waals surface area (Å²) >= 11 is 0. The van der Waals surface area contributed by atoms with E-state index in [1.54, 1.807) is 0 Å². The van der Waals surface area contributed by atoms with Gasteiger partial charge in [-0.2, -0.15) is 4.58 Å². The van der Waals surface area contributed by atoms with Crippen molar-refractivity contribution in [3.63, 3.8) is 0 Å². The molecular weight excluding hydrogens is 747 g/mol. The van der Waals surface area contributed by atoms with Crippen molar-refractivity contribution in [2.24, 2.45) is 5.92 Å². The maximum absolute atomic E-state index is 13.1. The highest BCUT2D eigenvalue weighted by atomic mass is 16.2. The van der Waals surface area contributed by atoms with E-state index in [0.717, 1.165) is 50.0 Å². The van der Waals surface area contributed by atoms with Crippen LogP contribution in [0, 0.1) is 5.92 Å². The number of carbonyl (C=O) groups is 4. The molecule has 9 heteroatoms. The van der Waals surface area contributed by atoms with Gasteiger partial charge >= 0.3 is 0 Å². The zero-order chi connectivity index (χ0) is 43.3. The normalized spacial score (nSPS) is 17.8. The number of hydrogen-bond acceptors (Lipinski definition) is 5. The molecule has 3 aliphatic heterocycles. The monoisotopic (exact) mass is 817 g/mol. The summed E-state index contributed by atoms with van der Waals surface area (Å²) in [6, 6.07) is 16.5. The van der Waals surface area contributed by atoms with E-state index in [0.29, 0.717) is 44.7 Å². The number of rotatable bonds is 23. The number of benzene rings is 2. The molecule has 5 rings (SSSR count). The van der Waals surface area contributed by atoms with Gasteiger partial charge in [-0.3, -0.25) is 24.1 Å². The van der Waals surface area contributed by atoms with Crippen LogP contribution < -0.4 is 15.5 Å². The van der Waals surface area contributed by atoms with Crippen LogP contribution in [0.25, 0.3) is 0 Å². The fourth-order valence-electron chi connectivity index (χ4n) is 9.01. The number of nitrogens with zero attached hydrogens (tertiary/aromatic N) is 3. The SMILES string of the molecule is CC(C)CCCCCCNC(=O)C(CCCCNC(=O)CCCCCN1/C(=C/C=C/C=C/C2=[N+](C)c3ccccc3C2(C)C)C(C)(C)c2ccccc21)N1C(=O)C=CC1=O. The van der Waals surface area contributed by atoms with Crippen LogP contribution in [0.1, 0.15) is 130 Å². The van der Waals surface area contributed by atoms with Gasteiger partial charge in [0.15, 0.2) is 5.71 Å². The Balaban J connectivity index is 1.04. The quantitative estimate of drug-likeness (QED) is 0.0504. The van der Waals surface area contributed by atoms with E-state index in [-0.39, 0.29) is 22.6 Å². The van der Waals surface area contributed by atoms with E-state index in [4.69, 9.17) is 0 Å². The summed E-state index contributed by atoms with van der Waals surface area (Å²) in [5.41, 5.74) is 7.53. The number of nitrogens with one attached hydrogen (secondary N) is 2. The van der Waals surface area contributed by atoms with E-state index in [1.807, 2.05) is 0 Å². The van der Waals surface area contributed by atoms with Gasteiger partial charge in [-0.1, -0.05) is 114 Å². The maximum Gasteiger partial charge on any atom is 0.254 e. The summed E-state index contributed by atoms with van der Waals surface area (Å²) in [5.74, 6) is -0.470. The second kappa shape index (κ2) is 21.5. The van der Waals surface area contributed by atoms with Crippen LogP contribution in [0.15, 0.2) is 96.8 Å². The first kappa shape index (κ1) is 46.0. The summed E-state index contributed by atoms with van der Waals surface area (Å²) in [5, 5.41) is 5.98. The summed E-state index contributed by atoms with van der Waals surface area (Å²) in [4.78, 5) is 54.3. The van der Waals surface area contributed by atoms with Crippen molar-refractivity contribution in [2.45, 2.75) is 135 Å². The lowest BCUT2D eigenvalue weighted by molar-refractivity contribution is -0.401. The third-order valence-corrected chi connectivity index (χ3v) is 12.4. The van der Waals surface area contributed by atoms with Crippen LogP contribution in [0.4, 0.5) is 11.4 Å². The van der Waals surface area contributed by atoms with Crippen molar-refractivity contribution in [2.75, 3.05) is 31.6 Å². The van der Waals surface area contributed by atoms with Gasteiger partial charge in [-0.25, -0.2) is 0 Å². The topological polar surface area (TPSA) is 102 Å². The van der Waals surface area contributed by atoms with Crippen LogP contribution in [0.5, 0.6) is 0 Å². The lowest BCUT2D eigenvalue weighted by Crippen LogP contribution is -2.49. The molecule has 0 saturated heterocycles. The lowest BCUT2D eigenvalue weighted by Gasteiger charge is -2.27. The maximum atomic E-state index is 13.1. The van der Waals surface area contributed by atoms with E-state index in [1.165, 1.54) is 58.9 Å². The smallest absolute Gasteiger partial charge is 0.254 e. The Morgan fingerprint density at radius 3 is 2.08 bits per heavy atom. The van der Waals surface area contributed by atoms with E-state index < -0.39 is 17.9 Å². The van der Waals surface area contributed by atoms with Crippen molar-refractivity contribution < 1.29 is 23.8 Å². The fraction of sp³-hybridized carbons (Fsp3) is 0.510. The van der Waals surface area contributed by atoms with Gasteiger partial charge in [-0.05, 0) is 76.0 Å². The molecule has 4 amide bonds. The molecule has 0 aromatic heterocycles. The molecule has 0 saturated carbocycles. The van der Waals surface area contributed by atoms with Gasteiger partial charge < -0.3 is 15.5 Å². The number of unbranched alkanes of at least 4 members (excludes halogenated alkanes) is 6. The minimum absolute atomic E-state index is 0.0208. The number of fused-ring (bicyclic) bond motifs is 2. The van der Waals surface area contributed by atoms with Crippen LogP contribution in [0.3, 0.4) is 0 Å². The Hall–Kier alpha value is -5.05. The zero-order valence-electron chi connectivity index (χ0n) is 37.4. The van der Waals surface area contributed by atoms with Crippen LogP contribution in [-0.2, 0) is 30.0 Å². The Morgan fingerprint density at radius 2 is 1.35 bits per heavy atom. The minimum atomic E-state index is -0.845.